The average molecular weight is 320 g/mol. The fraction of sp³-hybridized carbons (Fsp3) is 0.250. The summed E-state index contributed by atoms with van der Waals surface area (Å²) in [5.41, 5.74) is 8.07. The molecule has 19 heavy (non-hydrogen) atoms. The maximum atomic E-state index is 5.89. The maximum Gasteiger partial charge on any atom is 0.131 e. The van der Waals surface area contributed by atoms with Crippen molar-refractivity contribution in [3.63, 3.8) is 0 Å². The summed E-state index contributed by atoms with van der Waals surface area (Å²) in [4.78, 5) is 0. The zero-order chi connectivity index (χ0) is 13.7. The van der Waals surface area contributed by atoms with E-state index in [1.165, 1.54) is 5.56 Å². The standard InChI is InChI=1S/C16H18BrNO/c1-2-3-12-4-7-15(8-5-12)19-16-9-6-14(17)10-13(16)11-18/h4-10H,2-3,11,18H2,1H3. The van der Waals surface area contributed by atoms with Gasteiger partial charge in [-0.3, -0.25) is 0 Å². The van der Waals surface area contributed by atoms with Crippen LogP contribution in [0.2, 0.25) is 0 Å². The first-order chi connectivity index (χ1) is 9.22. The van der Waals surface area contributed by atoms with Gasteiger partial charge < -0.3 is 10.5 Å². The predicted molar refractivity (Wildman–Crippen MR) is 82.5 cm³/mol. The van der Waals surface area contributed by atoms with Gasteiger partial charge in [-0.15, -0.1) is 0 Å². The number of aryl methyl sites for hydroxylation is 1. The molecule has 0 saturated carbocycles. The minimum absolute atomic E-state index is 0.461. The monoisotopic (exact) mass is 319 g/mol. The van der Waals surface area contributed by atoms with Crippen LogP contribution < -0.4 is 10.5 Å². The lowest BCUT2D eigenvalue weighted by molar-refractivity contribution is 0.476. The Hall–Kier alpha value is -1.32. The third-order valence-corrected chi connectivity index (χ3v) is 3.43. The summed E-state index contributed by atoms with van der Waals surface area (Å²) in [6, 6.07) is 14.1. The minimum Gasteiger partial charge on any atom is -0.457 e. The topological polar surface area (TPSA) is 35.2 Å². The van der Waals surface area contributed by atoms with E-state index in [0.717, 1.165) is 34.4 Å². The van der Waals surface area contributed by atoms with Gasteiger partial charge in [0.15, 0.2) is 0 Å². The Bertz CT molecular complexity index is 537. The Morgan fingerprint density at radius 2 is 1.84 bits per heavy atom. The lowest BCUT2D eigenvalue weighted by Crippen LogP contribution is -1.99. The van der Waals surface area contributed by atoms with Crippen molar-refractivity contribution >= 4 is 15.9 Å². The summed E-state index contributed by atoms with van der Waals surface area (Å²) in [5.74, 6) is 1.66. The molecular weight excluding hydrogens is 302 g/mol. The Morgan fingerprint density at radius 3 is 2.47 bits per heavy atom. The Labute approximate surface area is 122 Å². The van der Waals surface area contributed by atoms with E-state index in [2.05, 4.69) is 35.0 Å². The van der Waals surface area contributed by atoms with E-state index < -0.39 is 0 Å². The molecule has 0 heterocycles. The minimum atomic E-state index is 0.461. The van der Waals surface area contributed by atoms with Crippen LogP contribution in [-0.2, 0) is 13.0 Å². The van der Waals surface area contributed by atoms with Gasteiger partial charge in [-0.2, -0.15) is 0 Å². The molecular formula is C16H18BrNO. The number of halogens is 1. The fourth-order valence-corrected chi connectivity index (χ4v) is 2.36. The largest absolute Gasteiger partial charge is 0.457 e. The lowest BCUT2D eigenvalue weighted by atomic mass is 10.1. The maximum absolute atomic E-state index is 5.89. The van der Waals surface area contributed by atoms with Crippen molar-refractivity contribution in [2.24, 2.45) is 5.73 Å². The SMILES string of the molecule is CCCc1ccc(Oc2ccc(Br)cc2CN)cc1. The van der Waals surface area contributed by atoms with E-state index in [1.807, 2.05) is 30.3 Å². The summed E-state index contributed by atoms with van der Waals surface area (Å²) in [7, 11) is 0. The van der Waals surface area contributed by atoms with Crippen LogP contribution in [0.25, 0.3) is 0 Å². The summed E-state index contributed by atoms with van der Waals surface area (Å²) >= 11 is 3.44. The Balaban J connectivity index is 2.16. The van der Waals surface area contributed by atoms with Gasteiger partial charge in [0.25, 0.3) is 0 Å². The van der Waals surface area contributed by atoms with E-state index >= 15 is 0 Å². The molecule has 0 bridgehead atoms. The van der Waals surface area contributed by atoms with Crippen LogP contribution in [-0.4, -0.2) is 0 Å². The van der Waals surface area contributed by atoms with Gasteiger partial charge in [-0.05, 0) is 42.3 Å². The smallest absolute Gasteiger partial charge is 0.131 e. The van der Waals surface area contributed by atoms with Crippen LogP contribution in [0, 0.1) is 0 Å². The van der Waals surface area contributed by atoms with Gasteiger partial charge >= 0.3 is 0 Å². The molecule has 2 N–H and O–H groups in total. The summed E-state index contributed by atoms with van der Waals surface area (Å²) in [6.07, 6.45) is 2.26. The molecule has 0 fully saturated rings. The molecule has 0 amide bonds. The van der Waals surface area contributed by atoms with E-state index in [-0.39, 0.29) is 0 Å². The van der Waals surface area contributed by atoms with Crippen molar-refractivity contribution in [2.75, 3.05) is 0 Å². The van der Waals surface area contributed by atoms with Crippen LogP contribution in [0.4, 0.5) is 0 Å². The van der Waals surface area contributed by atoms with Crippen molar-refractivity contribution in [3.05, 3.63) is 58.1 Å². The molecule has 0 saturated heterocycles. The summed E-state index contributed by atoms with van der Waals surface area (Å²) < 4.78 is 6.90. The van der Waals surface area contributed by atoms with Gasteiger partial charge in [0, 0.05) is 16.6 Å². The molecule has 0 aliphatic rings. The summed E-state index contributed by atoms with van der Waals surface area (Å²) in [5, 5.41) is 0. The predicted octanol–water partition coefficient (Wildman–Crippen LogP) is 4.65. The van der Waals surface area contributed by atoms with Gasteiger partial charge in [0.05, 0.1) is 0 Å². The van der Waals surface area contributed by atoms with Crippen LogP contribution >= 0.6 is 15.9 Å². The molecule has 2 nitrogen and oxygen atoms in total. The average Bonchev–Trinajstić information content (AvgIpc) is 2.43. The Morgan fingerprint density at radius 1 is 1.11 bits per heavy atom. The molecule has 0 aromatic heterocycles. The molecule has 3 heteroatoms. The molecule has 0 unspecified atom stereocenters. The normalized spacial score (nSPS) is 10.5. The highest BCUT2D eigenvalue weighted by atomic mass is 79.9. The number of nitrogens with two attached hydrogens (primary N) is 1. The first kappa shape index (κ1) is 14.1. The van der Waals surface area contributed by atoms with Crippen molar-refractivity contribution in [1.82, 2.24) is 0 Å². The van der Waals surface area contributed by atoms with Crippen molar-refractivity contribution in [1.29, 1.82) is 0 Å². The van der Waals surface area contributed by atoms with Crippen molar-refractivity contribution < 1.29 is 4.74 Å². The van der Waals surface area contributed by atoms with Crippen LogP contribution in [0.15, 0.2) is 46.9 Å². The molecule has 100 valence electrons. The molecule has 0 aliphatic carbocycles. The van der Waals surface area contributed by atoms with E-state index in [9.17, 15) is 0 Å². The second kappa shape index (κ2) is 6.73. The third kappa shape index (κ3) is 3.82. The van der Waals surface area contributed by atoms with Crippen LogP contribution in [0.3, 0.4) is 0 Å². The molecule has 2 aromatic carbocycles. The molecule has 2 rings (SSSR count). The lowest BCUT2D eigenvalue weighted by Gasteiger charge is -2.11. The third-order valence-electron chi connectivity index (χ3n) is 2.93. The number of ether oxygens (including phenoxy) is 1. The van der Waals surface area contributed by atoms with Gasteiger partial charge in [-0.1, -0.05) is 41.4 Å². The van der Waals surface area contributed by atoms with Crippen molar-refractivity contribution in [3.8, 4) is 11.5 Å². The van der Waals surface area contributed by atoms with Crippen LogP contribution in [0.5, 0.6) is 11.5 Å². The molecule has 0 atom stereocenters. The molecule has 0 radical (unpaired) electrons. The molecule has 2 aromatic rings. The highest BCUT2D eigenvalue weighted by molar-refractivity contribution is 9.10. The zero-order valence-electron chi connectivity index (χ0n) is 11.0. The molecule has 0 spiro atoms. The van der Waals surface area contributed by atoms with Crippen molar-refractivity contribution in [2.45, 2.75) is 26.3 Å². The highest BCUT2D eigenvalue weighted by Gasteiger charge is 2.04. The van der Waals surface area contributed by atoms with E-state index in [4.69, 9.17) is 10.5 Å². The Kier molecular flexibility index (Phi) is 5.00. The van der Waals surface area contributed by atoms with Gasteiger partial charge in [0.2, 0.25) is 0 Å². The number of hydrogen-bond donors (Lipinski definition) is 1. The fourth-order valence-electron chi connectivity index (χ4n) is 1.95. The second-order valence-corrected chi connectivity index (χ2v) is 5.37. The highest BCUT2D eigenvalue weighted by Crippen LogP contribution is 2.28. The number of benzene rings is 2. The van der Waals surface area contributed by atoms with E-state index in [1.54, 1.807) is 0 Å². The summed E-state index contributed by atoms with van der Waals surface area (Å²) in [6.45, 7) is 2.64. The number of hydrogen-bond acceptors (Lipinski definition) is 2. The first-order valence-electron chi connectivity index (χ1n) is 6.48. The van der Waals surface area contributed by atoms with Crippen LogP contribution in [0.1, 0.15) is 24.5 Å². The first-order valence-corrected chi connectivity index (χ1v) is 7.27. The van der Waals surface area contributed by atoms with Gasteiger partial charge in [0.1, 0.15) is 11.5 Å². The quantitative estimate of drug-likeness (QED) is 0.870. The second-order valence-electron chi connectivity index (χ2n) is 4.45. The zero-order valence-corrected chi connectivity index (χ0v) is 12.6. The number of rotatable bonds is 5. The van der Waals surface area contributed by atoms with Gasteiger partial charge in [-0.25, -0.2) is 0 Å². The van der Waals surface area contributed by atoms with E-state index in [0.29, 0.717) is 6.54 Å². The molecule has 0 aliphatic heterocycles.